The van der Waals surface area contributed by atoms with Gasteiger partial charge in [0, 0.05) is 18.9 Å². The van der Waals surface area contributed by atoms with Crippen LogP contribution >= 0.6 is 20.2 Å². The van der Waals surface area contributed by atoms with Gasteiger partial charge in [-0.1, -0.05) is 48.0 Å². The van der Waals surface area contributed by atoms with E-state index in [2.05, 4.69) is 0 Å². The van der Waals surface area contributed by atoms with Gasteiger partial charge in [-0.3, -0.25) is 4.79 Å². The number of benzene rings is 3. The smallest absolute Gasteiger partial charge is 0.190 e. The van der Waals surface area contributed by atoms with Crippen molar-refractivity contribution in [2.75, 3.05) is 7.11 Å². The molecule has 3 nitrogen and oxygen atoms in total. The van der Waals surface area contributed by atoms with Gasteiger partial charge in [-0.15, -0.1) is 0 Å². The standard InChI is InChI=1S/C20H16ClO3P.Li/c1-23-18-9-5-8-17(21)19(18)20(22)25-16-12-10-15(11-13-16)24-14-6-3-2-4-7-14;/h2-13,25H,1H3;. The van der Waals surface area contributed by atoms with Crippen LogP contribution in [0.2, 0.25) is 5.02 Å². The van der Waals surface area contributed by atoms with Gasteiger partial charge in [-0.2, -0.15) is 0 Å². The molecule has 26 heavy (non-hydrogen) atoms. The van der Waals surface area contributed by atoms with Crippen molar-refractivity contribution >= 4 is 49.9 Å². The number of halogens is 1. The molecule has 1 radical (unpaired) electrons. The van der Waals surface area contributed by atoms with Crippen molar-refractivity contribution in [1.29, 1.82) is 0 Å². The summed E-state index contributed by atoms with van der Waals surface area (Å²) in [5.74, 6) is 1.99. The maximum Gasteiger partial charge on any atom is 0.190 e. The minimum absolute atomic E-state index is 0. The number of hydrogen-bond donors (Lipinski definition) is 0. The summed E-state index contributed by atoms with van der Waals surface area (Å²) in [6.45, 7) is 0. The molecular weight excluding hydrogens is 362 g/mol. The zero-order chi connectivity index (χ0) is 17.6. The molecule has 0 aliphatic rings. The fourth-order valence-corrected chi connectivity index (χ4v) is 3.63. The van der Waals surface area contributed by atoms with Crippen LogP contribution < -0.4 is 14.8 Å². The molecule has 0 aliphatic carbocycles. The van der Waals surface area contributed by atoms with Crippen molar-refractivity contribution in [2.45, 2.75) is 0 Å². The summed E-state index contributed by atoms with van der Waals surface area (Å²) in [4.78, 5) is 12.6. The molecule has 0 bridgehead atoms. The number of carbonyl (C=O) groups excluding carboxylic acids is 1. The molecule has 0 N–H and O–H groups in total. The third-order valence-corrected chi connectivity index (χ3v) is 4.93. The average molecular weight is 378 g/mol. The van der Waals surface area contributed by atoms with E-state index in [0.717, 1.165) is 16.8 Å². The van der Waals surface area contributed by atoms with Crippen LogP contribution in [0.15, 0.2) is 72.8 Å². The van der Waals surface area contributed by atoms with Crippen LogP contribution in [0.1, 0.15) is 10.4 Å². The Morgan fingerprint density at radius 1 is 0.885 bits per heavy atom. The number of carbonyl (C=O) groups is 1. The Labute approximate surface area is 171 Å². The maximum absolute atomic E-state index is 12.6. The largest absolute Gasteiger partial charge is 0.496 e. The minimum Gasteiger partial charge on any atom is -0.496 e. The molecule has 6 heteroatoms. The summed E-state index contributed by atoms with van der Waals surface area (Å²) in [5, 5.41) is 1.31. The number of methoxy groups -OCH3 is 1. The van der Waals surface area contributed by atoms with E-state index in [1.807, 2.05) is 54.6 Å². The van der Waals surface area contributed by atoms with Gasteiger partial charge < -0.3 is 9.47 Å². The number of para-hydroxylation sites is 1. The monoisotopic (exact) mass is 377 g/mol. The predicted octanol–water partition coefficient (Wildman–Crippen LogP) is 4.90. The first-order valence-electron chi connectivity index (χ1n) is 7.64. The second kappa shape index (κ2) is 9.81. The summed E-state index contributed by atoms with van der Waals surface area (Å²) >= 11 is 6.17. The second-order valence-corrected chi connectivity index (χ2v) is 6.90. The Morgan fingerprint density at radius 3 is 2.19 bits per heavy atom. The van der Waals surface area contributed by atoms with E-state index in [4.69, 9.17) is 21.1 Å². The van der Waals surface area contributed by atoms with Crippen LogP contribution in [0.3, 0.4) is 0 Å². The molecule has 0 saturated heterocycles. The fraction of sp³-hybridized carbons (Fsp3) is 0.0500. The first-order valence-corrected chi connectivity index (χ1v) is 9.02. The Balaban J connectivity index is 0.00000243. The summed E-state index contributed by atoms with van der Waals surface area (Å²) in [7, 11) is 1.49. The van der Waals surface area contributed by atoms with Gasteiger partial charge in [0.15, 0.2) is 5.52 Å². The van der Waals surface area contributed by atoms with Gasteiger partial charge in [0.2, 0.25) is 0 Å². The van der Waals surface area contributed by atoms with Crippen LogP contribution in [0.25, 0.3) is 0 Å². The van der Waals surface area contributed by atoms with Crippen LogP contribution in [-0.4, -0.2) is 31.5 Å². The molecule has 3 aromatic carbocycles. The van der Waals surface area contributed by atoms with E-state index in [9.17, 15) is 4.79 Å². The molecule has 0 aromatic heterocycles. The Hall–Kier alpha value is -1.75. The molecule has 0 saturated carbocycles. The second-order valence-electron chi connectivity index (χ2n) is 5.21. The number of hydrogen-bond acceptors (Lipinski definition) is 3. The third kappa shape index (κ3) is 5.13. The average Bonchev–Trinajstić information content (AvgIpc) is 2.64. The van der Waals surface area contributed by atoms with Gasteiger partial charge in [0.05, 0.1) is 17.7 Å². The Morgan fingerprint density at radius 2 is 1.54 bits per heavy atom. The Bertz CT molecular complexity index is 870. The molecular formula is C20H16ClLiO3P. The van der Waals surface area contributed by atoms with Crippen LogP contribution in [-0.2, 0) is 0 Å². The van der Waals surface area contributed by atoms with Crippen molar-refractivity contribution in [3.05, 3.63) is 83.4 Å². The zero-order valence-electron chi connectivity index (χ0n) is 14.5. The van der Waals surface area contributed by atoms with E-state index < -0.39 is 0 Å². The summed E-state index contributed by atoms with van der Waals surface area (Å²) in [6.07, 6.45) is 0. The molecule has 0 spiro atoms. The summed E-state index contributed by atoms with van der Waals surface area (Å²) < 4.78 is 11.0. The van der Waals surface area contributed by atoms with Gasteiger partial charge in [0.25, 0.3) is 0 Å². The molecule has 0 heterocycles. The van der Waals surface area contributed by atoms with Gasteiger partial charge >= 0.3 is 0 Å². The third-order valence-electron chi connectivity index (χ3n) is 3.51. The van der Waals surface area contributed by atoms with Gasteiger partial charge in [0.1, 0.15) is 17.2 Å². The van der Waals surface area contributed by atoms with Crippen molar-refractivity contribution in [1.82, 2.24) is 0 Å². The topological polar surface area (TPSA) is 35.5 Å². The summed E-state index contributed by atoms with van der Waals surface area (Å²) in [5.41, 5.74) is 0.369. The van der Waals surface area contributed by atoms with Crippen LogP contribution in [0, 0.1) is 0 Å². The predicted molar refractivity (Wildman–Crippen MR) is 109 cm³/mol. The molecule has 1 unspecified atom stereocenters. The van der Waals surface area contributed by atoms with E-state index in [0.29, 0.717) is 16.3 Å². The number of ether oxygens (including phenoxy) is 2. The van der Waals surface area contributed by atoms with Crippen LogP contribution in [0.4, 0.5) is 0 Å². The SMILES string of the molecule is COc1cccc(Cl)c1C(=O)Pc1ccc(Oc2ccccc2)cc1.[Li]. The van der Waals surface area contributed by atoms with Crippen LogP contribution in [0.5, 0.6) is 17.2 Å². The first kappa shape index (κ1) is 20.6. The molecule has 3 rings (SSSR count). The fourth-order valence-electron chi connectivity index (χ4n) is 2.32. The van der Waals surface area contributed by atoms with E-state index in [1.165, 1.54) is 7.11 Å². The Kier molecular flexibility index (Phi) is 7.76. The quantitative estimate of drug-likeness (QED) is 0.452. The molecule has 0 fully saturated rings. The normalized spacial score (nSPS) is 10.4. The van der Waals surface area contributed by atoms with E-state index in [1.54, 1.807) is 18.2 Å². The first-order chi connectivity index (χ1) is 12.2. The minimum atomic E-state index is -0.0563. The maximum atomic E-state index is 12.6. The molecule has 0 aliphatic heterocycles. The molecule has 0 amide bonds. The van der Waals surface area contributed by atoms with Crippen molar-refractivity contribution in [3.63, 3.8) is 0 Å². The zero-order valence-corrected chi connectivity index (χ0v) is 16.3. The van der Waals surface area contributed by atoms with E-state index in [-0.39, 0.29) is 33.0 Å². The number of rotatable bonds is 6. The van der Waals surface area contributed by atoms with Gasteiger partial charge in [-0.25, -0.2) is 0 Å². The van der Waals surface area contributed by atoms with Crippen molar-refractivity contribution < 1.29 is 14.3 Å². The van der Waals surface area contributed by atoms with Gasteiger partial charge in [-0.05, 0) is 50.3 Å². The molecule has 3 aromatic rings. The molecule has 1 atom stereocenters. The van der Waals surface area contributed by atoms with Crippen molar-refractivity contribution in [2.24, 2.45) is 0 Å². The summed E-state index contributed by atoms with van der Waals surface area (Å²) in [6, 6.07) is 22.2. The molecule has 127 valence electrons. The van der Waals surface area contributed by atoms with E-state index >= 15 is 0 Å². The van der Waals surface area contributed by atoms with Crippen molar-refractivity contribution in [3.8, 4) is 17.2 Å².